The Morgan fingerprint density at radius 1 is 0.694 bits per heavy atom. The fourth-order valence-electron chi connectivity index (χ4n) is 8.70. The third kappa shape index (κ3) is 7.79. The Morgan fingerprint density at radius 3 is 2.19 bits per heavy atom. The van der Waals surface area contributed by atoms with E-state index in [-0.39, 0.29) is 60.4 Å². The van der Waals surface area contributed by atoms with E-state index in [0.29, 0.717) is 33.4 Å². The Labute approximate surface area is 393 Å². The Balaban J connectivity index is 0.00000640. The van der Waals surface area contributed by atoms with E-state index < -0.39 is 37.6 Å². The summed E-state index contributed by atoms with van der Waals surface area (Å²) in [5.74, 6) is -0.722. The molecule has 0 radical (unpaired) electrons. The van der Waals surface area contributed by atoms with Gasteiger partial charge in [0.2, 0.25) is 0 Å². The van der Waals surface area contributed by atoms with E-state index in [9.17, 15) is 1.37 Å². The molecule has 0 N–H and O–H groups in total. The summed E-state index contributed by atoms with van der Waals surface area (Å²) >= 11 is 0. The first-order valence-electron chi connectivity index (χ1n) is 25.7. The predicted octanol–water partition coefficient (Wildman–Crippen LogP) is 15.8. The molecule has 5 heteroatoms. The number of aryl methyl sites for hydroxylation is 4. The van der Waals surface area contributed by atoms with Gasteiger partial charge in [0.1, 0.15) is 5.58 Å². The van der Waals surface area contributed by atoms with Crippen molar-refractivity contribution in [1.82, 2.24) is 9.97 Å². The molecule has 1 aliphatic rings. The second-order valence-electron chi connectivity index (χ2n) is 17.1. The molecule has 0 unspecified atom stereocenters. The van der Waals surface area contributed by atoms with E-state index >= 15 is 0 Å². The summed E-state index contributed by atoms with van der Waals surface area (Å²) in [6.45, 7) is 0.305. The molecule has 4 nitrogen and oxygen atoms in total. The number of benzene rings is 6. The minimum Gasteiger partial charge on any atom is -0.501 e. The molecule has 0 atom stereocenters. The van der Waals surface area contributed by atoms with Gasteiger partial charge in [-0.1, -0.05) is 151 Å². The van der Waals surface area contributed by atoms with Gasteiger partial charge in [-0.15, -0.1) is 11.6 Å². The minimum atomic E-state index is -2.81. The van der Waals surface area contributed by atoms with Gasteiger partial charge in [0, 0.05) is 43.0 Å². The van der Waals surface area contributed by atoms with Gasteiger partial charge in [-0.2, -0.15) is 0 Å². The van der Waals surface area contributed by atoms with Crippen LogP contribution in [0.25, 0.3) is 77.5 Å². The summed E-state index contributed by atoms with van der Waals surface area (Å²) in [6, 6.07) is 40.3. The number of nitrogens with zero attached hydrogens (tertiary/aromatic N) is 2. The average Bonchev–Trinajstić information content (AvgIpc) is 3.67. The van der Waals surface area contributed by atoms with Crippen molar-refractivity contribution in [3.8, 4) is 56.3 Å². The number of furan rings is 1. The summed E-state index contributed by atoms with van der Waals surface area (Å²) in [5, 5.41) is 3.40. The third-order valence-corrected chi connectivity index (χ3v) is 12.3. The van der Waals surface area contributed by atoms with Crippen LogP contribution >= 0.6 is 0 Å². The molecule has 1 fully saturated rings. The van der Waals surface area contributed by atoms with Crippen LogP contribution in [-0.4, -0.2) is 9.97 Å². The number of hydrogen-bond donors (Lipinski definition) is 0. The van der Waals surface area contributed by atoms with Crippen molar-refractivity contribution in [3.05, 3.63) is 167 Å². The van der Waals surface area contributed by atoms with Crippen molar-refractivity contribution in [3.63, 3.8) is 0 Å². The van der Waals surface area contributed by atoms with E-state index in [1.54, 1.807) is 42.5 Å². The minimum absolute atomic E-state index is 0. The zero-order chi connectivity index (χ0) is 50.4. The summed E-state index contributed by atoms with van der Waals surface area (Å²) in [5.41, 5.74) is 7.26. The van der Waals surface area contributed by atoms with Crippen LogP contribution in [0.2, 0.25) is 0 Å². The maximum Gasteiger partial charge on any atom is 2.00 e. The first-order chi connectivity index (χ1) is 33.5. The number of aromatic nitrogens is 2. The van der Waals surface area contributed by atoms with Crippen molar-refractivity contribution >= 4 is 32.7 Å². The van der Waals surface area contributed by atoms with Crippen molar-refractivity contribution in [2.75, 3.05) is 0 Å². The van der Waals surface area contributed by atoms with Crippen LogP contribution in [0.4, 0.5) is 0 Å². The van der Waals surface area contributed by atoms with Crippen molar-refractivity contribution < 1.29 is 43.9 Å². The van der Waals surface area contributed by atoms with E-state index in [1.165, 1.54) is 6.07 Å². The molecule has 3 heterocycles. The molecule has 6 aromatic carbocycles. The largest absolute Gasteiger partial charge is 2.00 e. The van der Waals surface area contributed by atoms with Crippen LogP contribution < -0.4 is 4.74 Å². The Morgan fingerprint density at radius 2 is 1.44 bits per heavy atom. The van der Waals surface area contributed by atoms with Crippen molar-refractivity contribution in [2.45, 2.75) is 79.8 Å². The van der Waals surface area contributed by atoms with E-state index in [4.69, 9.17) is 26.5 Å². The summed E-state index contributed by atoms with van der Waals surface area (Å²) in [7, 11) is 0. The quantitative estimate of drug-likeness (QED) is 0.149. The van der Waals surface area contributed by atoms with Crippen LogP contribution in [0.5, 0.6) is 11.5 Å². The Hall–Kier alpha value is -5.83. The summed E-state index contributed by atoms with van der Waals surface area (Å²) in [6.07, 6.45) is 6.45. The topological polar surface area (TPSA) is 48.2 Å². The van der Waals surface area contributed by atoms with Crippen LogP contribution in [0, 0.1) is 52.0 Å². The monoisotopic (exact) mass is 999 g/mol. The second kappa shape index (κ2) is 16.5. The molecular weight excluding hydrogens is 940 g/mol. The van der Waals surface area contributed by atoms with E-state index in [0.717, 1.165) is 75.9 Å². The van der Waals surface area contributed by atoms with Crippen molar-refractivity contribution in [1.29, 1.82) is 0 Å². The second-order valence-corrected chi connectivity index (χ2v) is 17.1. The van der Waals surface area contributed by atoms with Gasteiger partial charge in [-0.05, 0) is 138 Å². The van der Waals surface area contributed by atoms with Gasteiger partial charge in [0.05, 0.1) is 5.58 Å². The molecule has 1 saturated carbocycles. The van der Waals surface area contributed by atoms with Gasteiger partial charge in [-0.3, -0.25) is 0 Å². The van der Waals surface area contributed by atoms with Gasteiger partial charge < -0.3 is 19.1 Å². The molecule has 3 aromatic heterocycles. The maximum atomic E-state index is 9.47. The van der Waals surface area contributed by atoms with Gasteiger partial charge in [-0.25, -0.2) is 0 Å². The molecule has 310 valence electrons. The van der Waals surface area contributed by atoms with E-state index in [2.05, 4.69) is 56.1 Å². The van der Waals surface area contributed by atoms with Crippen LogP contribution in [0.3, 0.4) is 0 Å². The fourth-order valence-corrected chi connectivity index (χ4v) is 8.70. The summed E-state index contributed by atoms with van der Waals surface area (Å²) < 4.78 is 98.6. The molecule has 0 saturated heterocycles. The number of ether oxygens (including phenoxy) is 1. The molecule has 0 aliphatic heterocycles. The Bertz CT molecular complexity index is 3550. The van der Waals surface area contributed by atoms with Gasteiger partial charge in [0.25, 0.3) is 0 Å². The Kier molecular flexibility index (Phi) is 8.25. The molecule has 1 aliphatic carbocycles. The third-order valence-electron chi connectivity index (χ3n) is 12.3. The smallest absolute Gasteiger partial charge is 0.501 e. The first-order valence-corrected chi connectivity index (χ1v) is 20.7. The van der Waals surface area contributed by atoms with Gasteiger partial charge in [0.15, 0.2) is 0 Å². The zero-order valence-corrected chi connectivity index (χ0v) is 37.2. The SMILES string of the molecule is [2H]C([2H])([2H])c1cnc(-c2[c-]c(Oc3[c-]c(-c4cc(-c5ccc(C6([2H])CCC(C)(C)CC6)cc5C)c(C)cn4)c4oc5cc6ccccc6cc5c4c3)c(C([2H])([2H])[2H])c(-c3ccccc3)c2)cc1C([2H])([2H])[2H].[Pt+2]. The normalized spacial score (nSPS) is 17.5. The average molecular weight is 1000 g/mol. The molecule has 0 bridgehead atoms. The van der Waals surface area contributed by atoms with Gasteiger partial charge >= 0.3 is 21.1 Å². The molecule has 62 heavy (non-hydrogen) atoms. The molecular formula is C57H50N2O2Pt. The van der Waals surface area contributed by atoms with Crippen LogP contribution in [0.15, 0.2) is 126 Å². The van der Waals surface area contributed by atoms with E-state index in [1.807, 2.05) is 55.6 Å². The standard InChI is InChI=1S/C57H50N2O2.Pt/c1-34-24-52(58-32-36(34)3)44-26-48(40-13-9-8-10-14-40)38(5)54(28-44)60-45-29-50-49-25-41-15-11-12-16-42(41)27-55(49)61-56(50)51(30-45)53-31-47(37(4)33-59-53)46-18-17-43(23-35(46)2)39-19-21-57(6,7)22-20-39;/h8-18,23-27,29,31-33,39H,19-22H2,1-7H3;/q-2;+2/i1D3,3D3,5D3,39D;. The summed E-state index contributed by atoms with van der Waals surface area (Å²) in [4.78, 5) is 9.37. The number of rotatable bonds is 7. The molecule has 9 aromatic rings. The fraction of sp³-hybridized carbons (Fsp3) is 0.228. The van der Waals surface area contributed by atoms with Crippen molar-refractivity contribution in [2.24, 2.45) is 5.41 Å². The number of pyridine rings is 2. The predicted molar refractivity (Wildman–Crippen MR) is 251 cm³/mol. The molecule has 10 rings (SSSR count). The molecule has 0 spiro atoms. The molecule has 0 amide bonds. The van der Waals surface area contributed by atoms with Crippen LogP contribution in [0.1, 0.15) is 92.5 Å². The number of fused-ring (bicyclic) bond motifs is 4. The number of hydrogen-bond acceptors (Lipinski definition) is 4. The zero-order valence-electron chi connectivity index (χ0n) is 44.9. The van der Waals surface area contributed by atoms with Crippen LogP contribution in [-0.2, 0) is 21.1 Å². The maximum absolute atomic E-state index is 9.47. The first kappa shape index (κ1) is 31.1.